The second kappa shape index (κ2) is 3.98. The molecular formula is C11H13BrN2OS. The molecule has 0 saturated heterocycles. The molecule has 1 atom stereocenters. The van der Waals surface area contributed by atoms with Crippen LogP contribution in [0.25, 0.3) is 0 Å². The van der Waals surface area contributed by atoms with Crippen LogP contribution in [0, 0.1) is 6.92 Å². The minimum atomic E-state index is -1.01. The molecule has 1 unspecified atom stereocenters. The molecule has 2 aromatic heterocycles. The van der Waals surface area contributed by atoms with Gasteiger partial charge in [0.2, 0.25) is 0 Å². The summed E-state index contributed by atoms with van der Waals surface area (Å²) in [5, 5.41) is 14.8. The van der Waals surface area contributed by atoms with Gasteiger partial charge in [-0.15, -0.1) is 11.3 Å². The Morgan fingerprint density at radius 1 is 1.50 bits per heavy atom. The summed E-state index contributed by atoms with van der Waals surface area (Å²) >= 11 is 5.02. The first-order valence-electron chi connectivity index (χ1n) is 4.90. The summed E-state index contributed by atoms with van der Waals surface area (Å²) < 4.78 is 2.52. The number of nitrogens with zero attached hydrogens (tertiary/aromatic N) is 2. The zero-order valence-corrected chi connectivity index (χ0v) is 11.8. The summed E-state index contributed by atoms with van der Waals surface area (Å²) in [6.07, 6.45) is 1.70. The molecule has 0 aliphatic heterocycles. The second-order valence-electron chi connectivity index (χ2n) is 3.95. The average Bonchev–Trinajstić information content (AvgIpc) is 2.74. The smallest absolute Gasteiger partial charge is 0.138 e. The fourth-order valence-electron chi connectivity index (χ4n) is 1.77. The van der Waals surface area contributed by atoms with Gasteiger partial charge in [0.25, 0.3) is 0 Å². The monoisotopic (exact) mass is 300 g/mol. The molecule has 0 aliphatic rings. The van der Waals surface area contributed by atoms with E-state index in [0.717, 1.165) is 15.0 Å². The van der Waals surface area contributed by atoms with Crippen molar-refractivity contribution >= 4 is 27.3 Å². The molecule has 0 bridgehead atoms. The van der Waals surface area contributed by atoms with Crippen LogP contribution in [0.15, 0.2) is 22.8 Å². The molecule has 16 heavy (non-hydrogen) atoms. The quantitative estimate of drug-likeness (QED) is 0.926. The van der Waals surface area contributed by atoms with Gasteiger partial charge < -0.3 is 5.11 Å². The van der Waals surface area contributed by atoms with Crippen molar-refractivity contribution in [1.29, 1.82) is 0 Å². The van der Waals surface area contributed by atoms with Crippen LogP contribution >= 0.6 is 27.3 Å². The van der Waals surface area contributed by atoms with Crippen molar-refractivity contribution in [2.24, 2.45) is 7.05 Å². The maximum Gasteiger partial charge on any atom is 0.138 e. The predicted octanol–water partition coefficient (Wildman–Crippen LogP) is 2.81. The number of hydrogen-bond donors (Lipinski definition) is 1. The maximum absolute atomic E-state index is 10.6. The van der Waals surface area contributed by atoms with E-state index in [9.17, 15) is 5.11 Å². The highest BCUT2D eigenvalue weighted by atomic mass is 79.9. The molecule has 1 N–H and O–H groups in total. The second-order valence-corrected chi connectivity index (χ2v) is 6.09. The van der Waals surface area contributed by atoms with Gasteiger partial charge in [0.1, 0.15) is 5.60 Å². The zero-order valence-electron chi connectivity index (χ0n) is 9.36. The molecule has 0 amide bonds. The van der Waals surface area contributed by atoms with E-state index in [1.54, 1.807) is 29.1 Å². The first-order chi connectivity index (χ1) is 7.43. The Hall–Kier alpha value is -0.650. The van der Waals surface area contributed by atoms with Gasteiger partial charge >= 0.3 is 0 Å². The molecular weight excluding hydrogens is 288 g/mol. The van der Waals surface area contributed by atoms with Gasteiger partial charge in [-0.1, -0.05) is 0 Å². The van der Waals surface area contributed by atoms with Gasteiger partial charge in [-0.25, -0.2) is 0 Å². The summed E-state index contributed by atoms with van der Waals surface area (Å²) in [5.74, 6) is 0. The first kappa shape index (κ1) is 11.8. The number of aliphatic hydroxyl groups is 1. The third-order valence-corrected chi connectivity index (χ3v) is 4.37. The number of rotatable bonds is 2. The molecule has 0 aromatic carbocycles. The standard InChI is InChI=1S/C11H13BrN2OS/c1-7-4-5-9(16-7)11(2,15)10-8(12)6-13-14(10)3/h4-6,15H,1-3H3. The number of hydrogen-bond acceptors (Lipinski definition) is 3. The molecule has 3 nitrogen and oxygen atoms in total. The summed E-state index contributed by atoms with van der Waals surface area (Å²) in [4.78, 5) is 2.11. The van der Waals surface area contributed by atoms with Crippen molar-refractivity contribution in [2.45, 2.75) is 19.4 Å². The van der Waals surface area contributed by atoms with E-state index in [2.05, 4.69) is 21.0 Å². The van der Waals surface area contributed by atoms with Crippen molar-refractivity contribution in [3.05, 3.63) is 38.3 Å². The van der Waals surface area contributed by atoms with Crippen LogP contribution in [0.1, 0.15) is 22.4 Å². The van der Waals surface area contributed by atoms with Crippen LogP contribution in [-0.2, 0) is 12.6 Å². The van der Waals surface area contributed by atoms with Gasteiger partial charge in [-0.05, 0) is 41.9 Å². The highest BCUT2D eigenvalue weighted by Crippen LogP contribution is 2.36. The van der Waals surface area contributed by atoms with Crippen molar-refractivity contribution in [3.63, 3.8) is 0 Å². The normalized spacial score (nSPS) is 15.1. The fraction of sp³-hybridized carbons (Fsp3) is 0.364. The Labute approximate surface area is 107 Å². The lowest BCUT2D eigenvalue weighted by molar-refractivity contribution is 0.0960. The average molecular weight is 301 g/mol. The Balaban J connectivity index is 2.54. The van der Waals surface area contributed by atoms with E-state index in [0.29, 0.717) is 0 Å². The van der Waals surface area contributed by atoms with Gasteiger partial charge in [0, 0.05) is 16.8 Å². The summed E-state index contributed by atoms with van der Waals surface area (Å²) in [6.45, 7) is 3.82. The lowest BCUT2D eigenvalue weighted by atomic mass is 10.0. The molecule has 0 saturated carbocycles. The number of aryl methyl sites for hydroxylation is 2. The molecule has 0 fully saturated rings. The lowest BCUT2D eigenvalue weighted by Crippen LogP contribution is -2.25. The highest BCUT2D eigenvalue weighted by molar-refractivity contribution is 9.10. The Bertz CT molecular complexity index is 496. The molecule has 2 heterocycles. The molecule has 0 spiro atoms. The first-order valence-corrected chi connectivity index (χ1v) is 6.51. The minimum absolute atomic E-state index is 0.773. The van der Waals surface area contributed by atoms with E-state index in [1.165, 1.54) is 4.88 Å². The summed E-state index contributed by atoms with van der Waals surface area (Å²) in [6, 6.07) is 3.97. The van der Waals surface area contributed by atoms with Crippen molar-refractivity contribution in [1.82, 2.24) is 9.78 Å². The van der Waals surface area contributed by atoms with E-state index in [-0.39, 0.29) is 0 Å². The Kier molecular flexibility index (Phi) is 2.94. The number of aromatic nitrogens is 2. The third-order valence-electron chi connectivity index (χ3n) is 2.58. The van der Waals surface area contributed by atoms with E-state index >= 15 is 0 Å². The summed E-state index contributed by atoms with van der Waals surface area (Å²) in [7, 11) is 1.83. The zero-order chi connectivity index (χ0) is 11.9. The Morgan fingerprint density at radius 3 is 2.62 bits per heavy atom. The molecule has 0 aliphatic carbocycles. The summed E-state index contributed by atoms with van der Waals surface area (Å²) in [5.41, 5.74) is -0.238. The third kappa shape index (κ3) is 1.83. The van der Waals surface area contributed by atoms with Crippen molar-refractivity contribution in [2.75, 3.05) is 0 Å². The van der Waals surface area contributed by atoms with Crippen LogP contribution in [0.4, 0.5) is 0 Å². The van der Waals surface area contributed by atoms with Crippen molar-refractivity contribution < 1.29 is 5.11 Å². The predicted molar refractivity (Wildman–Crippen MR) is 68.6 cm³/mol. The van der Waals surface area contributed by atoms with E-state index < -0.39 is 5.60 Å². The molecule has 0 radical (unpaired) electrons. The molecule has 5 heteroatoms. The highest BCUT2D eigenvalue weighted by Gasteiger charge is 2.32. The van der Waals surface area contributed by atoms with Crippen LogP contribution in [0.5, 0.6) is 0 Å². The van der Waals surface area contributed by atoms with Gasteiger partial charge in [0.05, 0.1) is 16.4 Å². The molecule has 86 valence electrons. The van der Waals surface area contributed by atoms with Crippen LogP contribution < -0.4 is 0 Å². The minimum Gasteiger partial charge on any atom is -0.378 e. The number of thiophene rings is 1. The van der Waals surface area contributed by atoms with E-state index in [4.69, 9.17) is 0 Å². The largest absolute Gasteiger partial charge is 0.378 e. The van der Waals surface area contributed by atoms with Crippen LogP contribution in [0.2, 0.25) is 0 Å². The van der Waals surface area contributed by atoms with Crippen molar-refractivity contribution in [3.8, 4) is 0 Å². The van der Waals surface area contributed by atoms with Gasteiger partial charge in [0.15, 0.2) is 0 Å². The van der Waals surface area contributed by atoms with Crippen LogP contribution in [0.3, 0.4) is 0 Å². The Morgan fingerprint density at radius 2 is 2.19 bits per heavy atom. The SMILES string of the molecule is Cc1ccc(C(C)(O)c2c(Br)cnn2C)s1. The van der Waals surface area contributed by atoms with Gasteiger partial charge in [-0.3, -0.25) is 4.68 Å². The lowest BCUT2D eigenvalue weighted by Gasteiger charge is -2.22. The molecule has 2 rings (SSSR count). The topological polar surface area (TPSA) is 38.1 Å². The fourth-order valence-corrected chi connectivity index (χ4v) is 3.42. The number of halogens is 1. The maximum atomic E-state index is 10.6. The van der Waals surface area contributed by atoms with Gasteiger partial charge in [-0.2, -0.15) is 5.10 Å². The molecule has 2 aromatic rings. The van der Waals surface area contributed by atoms with Crippen LogP contribution in [-0.4, -0.2) is 14.9 Å². The van der Waals surface area contributed by atoms with E-state index in [1.807, 2.05) is 26.1 Å².